The van der Waals surface area contributed by atoms with Gasteiger partial charge in [0.15, 0.2) is 0 Å². The van der Waals surface area contributed by atoms with Crippen molar-refractivity contribution in [2.24, 2.45) is 0 Å². The average molecular weight is 699 g/mol. The third kappa shape index (κ3) is 4.42. The minimum atomic E-state index is 1.13. The molecule has 0 aliphatic rings. The van der Waals surface area contributed by atoms with Crippen LogP contribution >= 0.6 is 22.7 Å². The molecule has 0 unspecified atom stereocenters. The van der Waals surface area contributed by atoms with Crippen LogP contribution in [0.25, 0.3) is 79.0 Å². The quantitative estimate of drug-likeness (QED) is 0.174. The van der Waals surface area contributed by atoms with Crippen LogP contribution in [0.2, 0.25) is 0 Å². The van der Waals surface area contributed by atoms with E-state index in [4.69, 9.17) is 0 Å². The number of nitrogens with zero attached hydrogens (tertiary/aromatic N) is 2. The van der Waals surface area contributed by atoms with Gasteiger partial charge in [-0.25, -0.2) is 0 Å². The van der Waals surface area contributed by atoms with Crippen molar-refractivity contribution in [2.75, 3.05) is 4.90 Å². The van der Waals surface area contributed by atoms with E-state index in [1.165, 1.54) is 84.7 Å². The van der Waals surface area contributed by atoms with Crippen molar-refractivity contribution in [3.05, 3.63) is 182 Å². The van der Waals surface area contributed by atoms with Crippen LogP contribution in [0.5, 0.6) is 0 Å². The summed E-state index contributed by atoms with van der Waals surface area (Å²) in [5.74, 6) is 0. The van der Waals surface area contributed by atoms with Crippen molar-refractivity contribution in [3.63, 3.8) is 0 Å². The summed E-state index contributed by atoms with van der Waals surface area (Å²) in [6.07, 6.45) is 0. The van der Waals surface area contributed by atoms with Crippen molar-refractivity contribution in [1.29, 1.82) is 0 Å². The van der Waals surface area contributed by atoms with Gasteiger partial charge in [0.25, 0.3) is 0 Å². The molecule has 0 aliphatic heterocycles. The Hall–Kier alpha value is -6.20. The Morgan fingerprint density at radius 1 is 0.404 bits per heavy atom. The number of thiophene rings is 2. The monoisotopic (exact) mass is 698 g/mol. The second-order valence-corrected chi connectivity index (χ2v) is 15.4. The minimum Gasteiger partial charge on any atom is -0.309 e. The molecule has 0 fully saturated rings. The van der Waals surface area contributed by atoms with Gasteiger partial charge in [0.1, 0.15) is 0 Å². The Kier molecular flexibility index (Phi) is 6.63. The molecule has 0 N–H and O–H groups in total. The first-order chi connectivity index (χ1) is 25.8. The van der Waals surface area contributed by atoms with Crippen LogP contribution in [-0.2, 0) is 0 Å². The predicted octanol–water partition coefficient (Wildman–Crippen LogP) is 14.7. The first-order valence-electron chi connectivity index (χ1n) is 17.6. The van der Waals surface area contributed by atoms with Gasteiger partial charge in [-0.2, -0.15) is 0 Å². The molecule has 3 heterocycles. The first-order valence-corrected chi connectivity index (χ1v) is 19.2. The van der Waals surface area contributed by atoms with Gasteiger partial charge in [-0.3, -0.25) is 0 Å². The molecule has 4 heteroatoms. The zero-order valence-corrected chi connectivity index (χ0v) is 29.7. The highest BCUT2D eigenvalue weighted by atomic mass is 32.1. The second-order valence-electron chi connectivity index (χ2n) is 13.3. The van der Waals surface area contributed by atoms with Crippen LogP contribution in [0.1, 0.15) is 0 Å². The zero-order valence-electron chi connectivity index (χ0n) is 28.0. The SMILES string of the molecule is c1ccc(-c2ccc(N(c3ccc4c(c3)c3ccccc3n4-c3ccccc3)c3cccc4sc5ccccc5c34)c3c2sc2ccccc23)cc1. The fraction of sp³-hybridized carbons (Fsp3) is 0. The van der Waals surface area contributed by atoms with E-state index >= 15 is 0 Å². The standard InChI is InChI=1S/C48H30N2S2/c1-3-14-31(15-4-1)34-27-29-42(47-37-20-9-12-24-44(37)52-48(34)47)50(41-22-13-25-45-46(41)36-19-8-11-23-43(36)51-45)33-26-28-40-38(30-33)35-18-7-10-21-39(35)49(40)32-16-5-2-6-17-32/h1-30H. The largest absolute Gasteiger partial charge is 0.309 e. The minimum absolute atomic E-state index is 1.13. The summed E-state index contributed by atoms with van der Waals surface area (Å²) in [6, 6.07) is 66.6. The number of para-hydroxylation sites is 2. The maximum atomic E-state index is 2.53. The number of hydrogen-bond donors (Lipinski definition) is 0. The van der Waals surface area contributed by atoms with Crippen LogP contribution in [-0.4, -0.2) is 4.57 Å². The Labute approximate surface area is 308 Å². The summed E-state index contributed by atoms with van der Waals surface area (Å²) >= 11 is 3.76. The molecule has 0 radical (unpaired) electrons. The average Bonchev–Trinajstić information content (AvgIpc) is 3.89. The molecule has 8 aromatic carbocycles. The Balaban J connectivity index is 1.26. The number of anilines is 3. The summed E-state index contributed by atoms with van der Waals surface area (Å²) in [5, 5.41) is 7.62. The van der Waals surface area contributed by atoms with Crippen LogP contribution < -0.4 is 4.90 Å². The highest BCUT2D eigenvalue weighted by molar-refractivity contribution is 7.26. The molecule has 0 aliphatic carbocycles. The molecule has 2 nitrogen and oxygen atoms in total. The molecule has 0 spiro atoms. The highest BCUT2D eigenvalue weighted by Gasteiger charge is 2.24. The third-order valence-electron chi connectivity index (χ3n) is 10.4. The summed E-state index contributed by atoms with van der Waals surface area (Å²) in [4.78, 5) is 2.53. The number of hydrogen-bond acceptors (Lipinski definition) is 3. The molecule has 0 amide bonds. The smallest absolute Gasteiger partial charge is 0.0555 e. The molecule has 0 saturated heterocycles. The lowest BCUT2D eigenvalue weighted by atomic mass is 9.99. The van der Waals surface area contributed by atoms with Crippen molar-refractivity contribution in [3.8, 4) is 16.8 Å². The molecule has 0 bridgehead atoms. The van der Waals surface area contributed by atoms with Gasteiger partial charge in [0.2, 0.25) is 0 Å². The molecule has 244 valence electrons. The van der Waals surface area contributed by atoms with Crippen LogP contribution in [0.15, 0.2) is 182 Å². The van der Waals surface area contributed by atoms with Crippen LogP contribution in [0, 0.1) is 0 Å². The molecular formula is C48H30N2S2. The molecule has 0 saturated carbocycles. The van der Waals surface area contributed by atoms with Gasteiger partial charge < -0.3 is 9.47 Å². The van der Waals surface area contributed by atoms with E-state index in [-0.39, 0.29) is 0 Å². The van der Waals surface area contributed by atoms with Crippen molar-refractivity contribution >= 4 is 102 Å². The molecular weight excluding hydrogens is 669 g/mol. The van der Waals surface area contributed by atoms with Crippen molar-refractivity contribution in [2.45, 2.75) is 0 Å². The summed E-state index contributed by atoms with van der Waals surface area (Å²) < 4.78 is 7.58. The first kappa shape index (κ1) is 29.5. The molecule has 11 rings (SSSR count). The summed E-state index contributed by atoms with van der Waals surface area (Å²) in [7, 11) is 0. The number of fused-ring (bicyclic) bond motifs is 9. The topological polar surface area (TPSA) is 8.17 Å². The van der Waals surface area contributed by atoms with E-state index in [1.807, 2.05) is 22.7 Å². The normalized spacial score (nSPS) is 11.8. The Morgan fingerprint density at radius 3 is 1.83 bits per heavy atom. The molecule has 52 heavy (non-hydrogen) atoms. The van der Waals surface area contributed by atoms with E-state index < -0.39 is 0 Å². The second kappa shape index (κ2) is 11.7. The van der Waals surface area contributed by atoms with E-state index in [2.05, 4.69) is 191 Å². The fourth-order valence-electron chi connectivity index (χ4n) is 8.15. The summed E-state index contributed by atoms with van der Waals surface area (Å²) in [6.45, 7) is 0. The van der Waals surface area contributed by atoms with Crippen LogP contribution in [0.3, 0.4) is 0 Å². The van der Waals surface area contributed by atoms with Gasteiger partial charge in [0, 0.05) is 62.5 Å². The third-order valence-corrected chi connectivity index (χ3v) is 12.7. The zero-order chi connectivity index (χ0) is 34.2. The predicted molar refractivity (Wildman–Crippen MR) is 227 cm³/mol. The van der Waals surface area contributed by atoms with Gasteiger partial charge >= 0.3 is 0 Å². The van der Waals surface area contributed by atoms with Gasteiger partial charge in [-0.05, 0) is 77.9 Å². The number of aromatic nitrogens is 1. The lowest BCUT2D eigenvalue weighted by Crippen LogP contribution is -2.11. The van der Waals surface area contributed by atoms with Crippen LogP contribution in [0.4, 0.5) is 17.1 Å². The van der Waals surface area contributed by atoms with E-state index in [9.17, 15) is 0 Å². The van der Waals surface area contributed by atoms with Gasteiger partial charge in [0.05, 0.1) is 22.4 Å². The Morgan fingerprint density at radius 2 is 1.02 bits per heavy atom. The maximum absolute atomic E-state index is 2.53. The Bertz CT molecular complexity index is 3130. The van der Waals surface area contributed by atoms with E-state index in [0.717, 1.165) is 11.4 Å². The van der Waals surface area contributed by atoms with Crippen molar-refractivity contribution < 1.29 is 0 Å². The molecule has 0 atom stereocenters. The molecule has 3 aromatic heterocycles. The number of rotatable bonds is 5. The summed E-state index contributed by atoms with van der Waals surface area (Å²) in [5.41, 5.74) is 9.56. The van der Waals surface area contributed by atoms with Gasteiger partial charge in [-0.15, -0.1) is 22.7 Å². The van der Waals surface area contributed by atoms with Crippen molar-refractivity contribution in [1.82, 2.24) is 4.57 Å². The highest BCUT2D eigenvalue weighted by Crippen LogP contribution is 2.51. The lowest BCUT2D eigenvalue weighted by Gasteiger charge is -2.28. The fourth-order valence-corrected chi connectivity index (χ4v) is 10.5. The lowest BCUT2D eigenvalue weighted by molar-refractivity contribution is 1.18. The van der Waals surface area contributed by atoms with Gasteiger partial charge in [-0.1, -0.05) is 115 Å². The molecule has 11 aromatic rings. The van der Waals surface area contributed by atoms with E-state index in [1.54, 1.807) is 0 Å². The number of benzene rings is 8. The maximum Gasteiger partial charge on any atom is 0.0555 e. The van der Waals surface area contributed by atoms with E-state index in [0.29, 0.717) is 0 Å².